The number of amides is 1. The number of hydrogen-bond donors (Lipinski definition) is 2. The predicted octanol–water partition coefficient (Wildman–Crippen LogP) is 1.30. The minimum absolute atomic E-state index is 0.0927. The van der Waals surface area contributed by atoms with E-state index in [1.807, 2.05) is 30.3 Å². The lowest BCUT2D eigenvalue weighted by molar-refractivity contribution is -0.119. The largest absolute Gasteiger partial charge is 0.383 e. The second-order valence-electron chi connectivity index (χ2n) is 6.66. The zero-order chi connectivity index (χ0) is 21.3. The van der Waals surface area contributed by atoms with Crippen molar-refractivity contribution in [2.24, 2.45) is 0 Å². The Bertz CT molecular complexity index is 1180. The molecule has 0 spiro atoms. The van der Waals surface area contributed by atoms with Crippen LogP contribution >= 0.6 is 11.6 Å². The van der Waals surface area contributed by atoms with Gasteiger partial charge in [-0.05, 0) is 19.4 Å². The Kier molecular flexibility index (Phi) is 5.60. The Balaban J connectivity index is 1.95. The quantitative estimate of drug-likeness (QED) is 0.649. The number of aromatic amines is 1. The summed E-state index contributed by atoms with van der Waals surface area (Å²) in [5.74, 6) is -0.528. The van der Waals surface area contributed by atoms with Crippen molar-refractivity contribution in [2.75, 3.05) is 17.7 Å². The van der Waals surface area contributed by atoms with Crippen LogP contribution in [0.2, 0.25) is 5.02 Å². The van der Waals surface area contributed by atoms with Gasteiger partial charge < -0.3 is 10.6 Å². The van der Waals surface area contributed by atoms with Gasteiger partial charge in [0.1, 0.15) is 12.4 Å². The highest BCUT2D eigenvalue weighted by Gasteiger charge is 2.22. The summed E-state index contributed by atoms with van der Waals surface area (Å²) in [6, 6.07) is 9.18. The van der Waals surface area contributed by atoms with E-state index in [1.165, 1.54) is 16.3 Å². The molecule has 3 rings (SSSR count). The first-order valence-electron chi connectivity index (χ1n) is 8.83. The van der Waals surface area contributed by atoms with Gasteiger partial charge in [-0.2, -0.15) is 5.10 Å². The van der Waals surface area contributed by atoms with Crippen molar-refractivity contribution in [1.82, 2.24) is 19.3 Å². The van der Waals surface area contributed by atoms with Crippen molar-refractivity contribution < 1.29 is 4.79 Å². The van der Waals surface area contributed by atoms with E-state index in [0.717, 1.165) is 10.5 Å². The lowest BCUT2D eigenvalue weighted by atomic mass is 10.2. The van der Waals surface area contributed by atoms with Crippen LogP contribution in [0.25, 0.3) is 0 Å². The van der Waals surface area contributed by atoms with Gasteiger partial charge in [-0.25, -0.2) is 4.79 Å². The zero-order valence-electron chi connectivity index (χ0n) is 16.3. The van der Waals surface area contributed by atoms with Crippen LogP contribution in [-0.2, 0) is 17.9 Å². The summed E-state index contributed by atoms with van der Waals surface area (Å²) >= 11 is 6.12. The van der Waals surface area contributed by atoms with Gasteiger partial charge in [0.05, 0.1) is 23.0 Å². The van der Waals surface area contributed by atoms with Crippen LogP contribution in [0.1, 0.15) is 17.0 Å². The van der Waals surface area contributed by atoms with Gasteiger partial charge in [-0.3, -0.25) is 23.8 Å². The smallest absolute Gasteiger partial charge is 0.330 e. The van der Waals surface area contributed by atoms with E-state index in [4.69, 9.17) is 17.3 Å². The molecule has 3 N–H and O–H groups in total. The molecule has 0 fully saturated rings. The molecule has 0 radical (unpaired) electrons. The van der Waals surface area contributed by atoms with Gasteiger partial charge in [0.2, 0.25) is 5.91 Å². The number of aromatic nitrogens is 4. The standard InChI is InChI=1S/C19H21ClN6O3/c1-11-15(20)12(2)26(23-11)10-14(27)24(3)16-17(21)25(19(29)22-18(16)28)9-13-7-5-4-6-8-13/h4-8H,9-10,21H2,1-3H3,(H,22,28,29). The number of aryl methyl sites for hydroxylation is 1. The van der Waals surface area contributed by atoms with Gasteiger partial charge in [-0.15, -0.1) is 0 Å². The van der Waals surface area contributed by atoms with Crippen molar-refractivity contribution in [3.05, 3.63) is 73.1 Å². The Labute approximate surface area is 171 Å². The highest BCUT2D eigenvalue weighted by atomic mass is 35.5. The molecular formula is C19H21ClN6O3. The van der Waals surface area contributed by atoms with Crippen molar-refractivity contribution in [3.8, 4) is 0 Å². The summed E-state index contributed by atoms with van der Waals surface area (Å²) in [4.78, 5) is 40.8. The molecule has 2 heterocycles. The highest BCUT2D eigenvalue weighted by Crippen LogP contribution is 2.20. The molecule has 2 aromatic heterocycles. The molecule has 0 aliphatic heterocycles. The molecule has 0 unspecified atom stereocenters. The molecule has 0 aliphatic carbocycles. The number of likely N-dealkylation sites (N-methyl/N-ethyl adjacent to an activating group) is 1. The molecule has 0 aliphatic rings. The van der Waals surface area contributed by atoms with Crippen LogP contribution in [0, 0.1) is 13.8 Å². The van der Waals surface area contributed by atoms with E-state index in [0.29, 0.717) is 16.4 Å². The molecule has 152 valence electrons. The number of nitrogens with one attached hydrogen (secondary N) is 1. The van der Waals surface area contributed by atoms with E-state index in [2.05, 4.69) is 10.1 Å². The number of rotatable bonds is 5. The average Bonchev–Trinajstić information content (AvgIpc) is 2.92. The topological polar surface area (TPSA) is 119 Å². The molecule has 1 aromatic carbocycles. The lowest BCUT2D eigenvalue weighted by Crippen LogP contribution is -2.40. The summed E-state index contributed by atoms with van der Waals surface area (Å²) < 4.78 is 2.68. The van der Waals surface area contributed by atoms with Crippen molar-refractivity contribution in [1.29, 1.82) is 0 Å². The Morgan fingerprint density at radius 2 is 1.90 bits per heavy atom. The number of nitrogens with zero attached hydrogens (tertiary/aromatic N) is 4. The highest BCUT2D eigenvalue weighted by molar-refractivity contribution is 6.31. The second-order valence-corrected chi connectivity index (χ2v) is 7.04. The van der Waals surface area contributed by atoms with Crippen LogP contribution in [0.5, 0.6) is 0 Å². The van der Waals surface area contributed by atoms with Gasteiger partial charge in [0, 0.05) is 7.05 Å². The molecule has 10 heteroatoms. The summed E-state index contributed by atoms with van der Waals surface area (Å²) in [5, 5.41) is 4.70. The summed E-state index contributed by atoms with van der Waals surface area (Å²) in [6.45, 7) is 3.51. The molecule has 0 bridgehead atoms. The maximum Gasteiger partial charge on any atom is 0.330 e. The van der Waals surface area contributed by atoms with Crippen molar-refractivity contribution in [2.45, 2.75) is 26.9 Å². The maximum absolute atomic E-state index is 12.8. The van der Waals surface area contributed by atoms with Crippen LogP contribution in [0.4, 0.5) is 11.5 Å². The third kappa shape index (κ3) is 3.95. The molecule has 3 aromatic rings. The Morgan fingerprint density at radius 1 is 1.24 bits per heavy atom. The molecule has 29 heavy (non-hydrogen) atoms. The van der Waals surface area contributed by atoms with Crippen LogP contribution in [0.3, 0.4) is 0 Å². The van der Waals surface area contributed by atoms with E-state index in [-0.39, 0.29) is 24.6 Å². The number of halogens is 1. The minimum atomic E-state index is -0.737. The number of nitrogens with two attached hydrogens (primary N) is 1. The molecule has 0 saturated heterocycles. The second kappa shape index (κ2) is 7.96. The fraction of sp³-hybridized carbons (Fsp3) is 0.263. The molecule has 1 amide bonds. The predicted molar refractivity (Wildman–Crippen MR) is 111 cm³/mol. The normalized spacial score (nSPS) is 10.9. The first kappa shape index (κ1) is 20.4. The van der Waals surface area contributed by atoms with Gasteiger partial charge in [-0.1, -0.05) is 41.9 Å². The third-order valence-corrected chi connectivity index (χ3v) is 5.23. The molecule has 0 atom stereocenters. The average molecular weight is 417 g/mol. The maximum atomic E-state index is 12.8. The molecule has 0 saturated carbocycles. The first-order chi connectivity index (χ1) is 13.7. The SMILES string of the molecule is Cc1nn(CC(=O)N(C)c2c(N)n(Cc3ccccc3)c(=O)[nH]c2=O)c(C)c1Cl. The number of anilines is 2. The zero-order valence-corrected chi connectivity index (χ0v) is 17.0. The molecule has 9 nitrogen and oxygen atoms in total. The van der Waals surface area contributed by atoms with E-state index < -0.39 is 17.2 Å². The van der Waals surface area contributed by atoms with E-state index in [1.54, 1.807) is 13.8 Å². The first-order valence-corrected chi connectivity index (χ1v) is 9.21. The minimum Gasteiger partial charge on any atom is -0.383 e. The van der Waals surface area contributed by atoms with Crippen molar-refractivity contribution in [3.63, 3.8) is 0 Å². The number of benzene rings is 1. The number of hydrogen-bond acceptors (Lipinski definition) is 5. The summed E-state index contributed by atoms with van der Waals surface area (Å²) in [7, 11) is 1.42. The third-order valence-electron chi connectivity index (χ3n) is 4.69. The van der Waals surface area contributed by atoms with E-state index in [9.17, 15) is 14.4 Å². The number of H-pyrrole nitrogens is 1. The van der Waals surface area contributed by atoms with Crippen molar-refractivity contribution >= 4 is 29.0 Å². The fourth-order valence-electron chi connectivity index (χ4n) is 3.01. The lowest BCUT2D eigenvalue weighted by Gasteiger charge is -2.20. The van der Waals surface area contributed by atoms with Gasteiger partial charge >= 0.3 is 5.69 Å². The van der Waals surface area contributed by atoms with Gasteiger partial charge in [0.15, 0.2) is 5.69 Å². The Hall–Kier alpha value is -3.33. The number of carbonyl (C=O) groups excluding carboxylic acids is 1. The van der Waals surface area contributed by atoms with Crippen LogP contribution in [-0.4, -0.2) is 32.3 Å². The van der Waals surface area contributed by atoms with Crippen LogP contribution < -0.4 is 21.9 Å². The monoisotopic (exact) mass is 416 g/mol. The number of carbonyl (C=O) groups is 1. The van der Waals surface area contributed by atoms with E-state index >= 15 is 0 Å². The summed E-state index contributed by atoms with van der Waals surface area (Å²) in [6.07, 6.45) is 0. The number of nitrogen functional groups attached to an aromatic ring is 1. The summed E-state index contributed by atoms with van der Waals surface area (Å²) in [5.41, 5.74) is 6.72. The van der Waals surface area contributed by atoms with Gasteiger partial charge in [0.25, 0.3) is 5.56 Å². The van der Waals surface area contributed by atoms with Crippen LogP contribution in [0.15, 0.2) is 39.9 Å². The molecular weight excluding hydrogens is 396 g/mol. The Morgan fingerprint density at radius 3 is 2.48 bits per heavy atom. The fourth-order valence-corrected chi connectivity index (χ4v) is 3.15.